The summed E-state index contributed by atoms with van der Waals surface area (Å²) < 4.78 is 29.2. The average molecular weight is 265 g/mol. The number of benzene rings is 1. The van der Waals surface area contributed by atoms with Crippen LogP contribution in [0.15, 0.2) is 18.3 Å². The Bertz CT molecular complexity index is 605. The van der Waals surface area contributed by atoms with E-state index in [1.165, 1.54) is 6.92 Å². The Morgan fingerprint density at radius 2 is 2.00 bits per heavy atom. The lowest BCUT2D eigenvalue weighted by molar-refractivity contribution is 0.479. The number of anilines is 1. The number of nitrogens with two attached hydrogens (primary N) is 1. The van der Waals surface area contributed by atoms with Crippen LogP contribution in [0.25, 0.3) is 11.3 Å². The Hall–Kier alpha value is -1.91. The molecule has 0 bridgehead atoms. The highest BCUT2D eigenvalue weighted by Crippen LogP contribution is 2.29. The lowest BCUT2D eigenvalue weighted by atomic mass is 10.1. The molecule has 1 aromatic carbocycles. The third kappa shape index (κ3) is 2.45. The van der Waals surface area contributed by atoms with Crippen molar-refractivity contribution in [3.8, 4) is 11.3 Å². The SMILES string of the molecule is CCC(C)n1cc(N)c(-c2cc(F)c(C)cc2F)n1. The predicted molar refractivity (Wildman–Crippen MR) is 71.7 cm³/mol. The van der Waals surface area contributed by atoms with Gasteiger partial charge in [-0.2, -0.15) is 5.10 Å². The topological polar surface area (TPSA) is 43.8 Å². The Labute approximate surface area is 111 Å². The van der Waals surface area contributed by atoms with Crippen LogP contribution >= 0.6 is 0 Å². The van der Waals surface area contributed by atoms with Crippen molar-refractivity contribution in [1.29, 1.82) is 0 Å². The molecule has 0 fully saturated rings. The third-order valence-electron chi connectivity index (χ3n) is 3.31. The molecule has 5 heteroatoms. The number of nitrogen functional groups attached to an aromatic ring is 1. The third-order valence-corrected chi connectivity index (χ3v) is 3.31. The molecule has 102 valence electrons. The van der Waals surface area contributed by atoms with Gasteiger partial charge in [0.15, 0.2) is 0 Å². The zero-order valence-electron chi connectivity index (χ0n) is 11.2. The second kappa shape index (κ2) is 4.99. The van der Waals surface area contributed by atoms with Gasteiger partial charge in [0.05, 0.1) is 5.69 Å². The zero-order chi connectivity index (χ0) is 14.2. The van der Waals surface area contributed by atoms with Gasteiger partial charge in [-0.05, 0) is 38.0 Å². The first kappa shape index (κ1) is 13.5. The van der Waals surface area contributed by atoms with E-state index in [4.69, 9.17) is 5.73 Å². The fourth-order valence-electron chi connectivity index (χ4n) is 1.86. The van der Waals surface area contributed by atoms with Gasteiger partial charge in [-0.25, -0.2) is 8.78 Å². The minimum absolute atomic E-state index is 0.0997. The number of halogens is 2. The summed E-state index contributed by atoms with van der Waals surface area (Å²) in [6, 6.07) is 2.46. The number of hydrogen-bond donors (Lipinski definition) is 1. The van der Waals surface area contributed by atoms with Crippen molar-refractivity contribution in [2.45, 2.75) is 33.2 Å². The molecule has 0 aliphatic rings. The Morgan fingerprint density at radius 1 is 1.32 bits per heavy atom. The number of nitrogens with zero attached hydrogens (tertiary/aromatic N) is 2. The number of aryl methyl sites for hydroxylation is 1. The maximum absolute atomic E-state index is 13.9. The normalized spacial score (nSPS) is 12.7. The highest BCUT2D eigenvalue weighted by atomic mass is 19.1. The molecule has 2 N–H and O–H groups in total. The zero-order valence-corrected chi connectivity index (χ0v) is 11.2. The molecule has 0 saturated carbocycles. The Kier molecular flexibility index (Phi) is 3.55. The van der Waals surface area contributed by atoms with Crippen molar-refractivity contribution in [1.82, 2.24) is 9.78 Å². The molecular weight excluding hydrogens is 248 g/mol. The van der Waals surface area contributed by atoms with Gasteiger partial charge in [-0.1, -0.05) is 6.92 Å². The van der Waals surface area contributed by atoms with E-state index in [0.29, 0.717) is 5.69 Å². The minimum atomic E-state index is -0.514. The fraction of sp³-hybridized carbons (Fsp3) is 0.357. The van der Waals surface area contributed by atoms with E-state index < -0.39 is 11.6 Å². The van der Waals surface area contributed by atoms with E-state index in [0.717, 1.165) is 18.6 Å². The first-order valence-electron chi connectivity index (χ1n) is 6.24. The maximum atomic E-state index is 13.9. The van der Waals surface area contributed by atoms with Crippen LogP contribution in [-0.4, -0.2) is 9.78 Å². The minimum Gasteiger partial charge on any atom is -0.396 e. The Balaban J connectivity index is 2.53. The van der Waals surface area contributed by atoms with Gasteiger partial charge in [-0.15, -0.1) is 0 Å². The molecule has 3 nitrogen and oxygen atoms in total. The van der Waals surface area contributed by atoms with Crippen molar-refractivity contribution >= 4 is 5.69 Å². The van der Waals surface area contributed by atoms with E-state index in [1.54, 1.807) is 10.9 Å². The van der Waals surface area contributed by atoms with Crippen LogP contribution in [-0.2, 0) is 0 Å². The first-order valence-corrected chi connectivity index (χ1v) is 6.24. The van der Waals surface area contributed by atoms with Gasteiger partial charge >= 0.3 is 0 Å². The quantitative estimate of drug-likeness (QED) is 0.919. The van der Waals surface area contributed by atoms with Gasteiger partial charge in [0.2, 0.25) is 0 Å². The second-order valence-corrected chi connectivity index (χ2v) is 4.75. The number of rotatable bonds is 3. The first-order chi connectivity index (χ1) is 8.93. The van der Waals surface area contributed by atoms with Gasteiger partial charge in [0.1, 0.15) is 17.3 Å². The molecule has 0 spiro atoms. The van der Waals surface area contributed by atoms with Crippen molar-refractivity contribution in [3.05, 3.63) is 35.5 Å². The summed E-state index contributed by atoms with van der Waals surface area (Å²) >= 11 is 0. The summed E-state index contributed by atoms with van der Waals surface area (Å²) in [7, 11) is 0. The maximum Gasteiger partial charge on any atom is 0.133 e. The molecule has 2 rings (SSSR count). The molecule has 1 heterocycles. The van der Waals surface area contributed by atoms with Crippen LogP contribution in [0.5, 0.6) is 0 Å². The molecule has 1 atom stereocenters. The average Bonchev–Trinajstić information content (AvgIpc) is 2.75. The molecule has 0 amide bonds. The van der Waals surface area contributed by atoms with Crippen molar-refractivity contribution < 1.29 is 8.78 Å². The summed E-state index contributed by atoms with van der Waals surface area (Å²) in [6.45, 7) is 5.53. The van der Waals surface area contributed by atoms with Crippen LogP contribution < -0.4 is 5.73 Å². The van der Waals surface area contributed by atoms with Crippen LogP contribution in [0.4, 0.5) is 14.5 Å². The van der Waals surface area contributed by atoms with Gasteiger partial charge in [0.25, 0.3) is 0 Å². The van der Waals surface area contributed by atoms with E-state index in [2.05, 4.69) is 5.10 Å². The smallest absolute Gasteiger partial charge is 0.133 e. The monoisotopic (exact) mass is 265 g/mol. The molecule has 1 unspecified atom stereocenters. The van der Waals surface area contributed by atoms with E-state index in [-0.39, 0.29) is 22.9 Å². The highest BCUT2D eigenvalue weighted by molar-refractivity contribution is 5.72. The highest BCUT2D eigenvalue weighted by Gasteiger charge is 2.16. The van der Waals surface area contributed by atoms with Gasteiger partial charge < -0.3 is 5.73 Å². The number of aromatic nitrogens is 2. The second-order valence-electron chi connectivity index (χ2n) is 4.75. The summed E-state index contributed by atoms with van der Waals surface area (Å²) in [5.41, 5.74) is 6.85. The van der Waals surface area contributed by atoms with Crippen LogP contribution in [0.3, 0.4) is 0 Å². The fourth-order valence-corrected chi connectivity index (χ4v) is 1.86. The standard InChI is InChI=1S/C14H17F2N3/c1-4-9(3)19-7-13(17)14(18-19)10-6-11(15)8(2)5-12(10)16/h5-7,9H,4,17H2,1-3H3. The van der Waals surface area contributed by atoms with Crippen molar-refractivity contribution in [2.75, 3.05) is 5.73 Å². The molecule has 1 aromatic heterocycles. The van der Waals surface area contributed by atoms with E-state index in [9.17, 15) is 8.78 Å². The van der Waals surface area contributed by atoms with Crippen molar-refractivity contribution in [3.63, 3.8) is 0 Å². The number of hydrogen-bond acceptors (Lipinski definition) is 2. The molecule has 0 radical (unpaired) electrons. The van der Waals surface area contributed by atoms with Gasteiger partial charge in [-0.3, -0.25) is 4.68 Å². The van der Waals surface area contributed by atoms with Crippen LogP contribution in [0, 0.1) is 18.6 Å². The molecule has 0 saturated heterocycles. The van der Waals surface area contributed by atoms with Crippen LogP contribution in [0.2, 0.25) is 0 Å². The Morgan fingerprint density at radius 3 is 2.63 bits per heavy atom. The molecule has 2 aromatic rings. The van der Waals surface area contributed by atoms with E-state index in [1.807, 2.05) is 13.8 Å². The van der Waals surface area contributed by atoms with E-state index >= 15 is 0 Å². The molecule has 0 aliphatic carbocycles. The van der Waals surface area contributed by atoms with Crippen LogP contribution in [0.1, 0.15) is 31.9 Å². The molecule has 0 aliphatic heterocycles. The summed E-state index contributed by atoms with van der Waals surface area (Å²) in [5.74, 6) is -0.978. The summed E-state index contributed by atoms with van der Waals surface area (Å²) in [6.07, 6.45) is 2.53. The lowest BCUT2D eigenvalue weighted by Crippen LogP contribution is -2.04. The summed E-state index contributed by atoms with van der Waals surface area (Å²) in [4.78, 5) is 0. The molecular formula is C14H17F2N3. The lowest BCUT2D eigenvalue weighted by Gasteiger charge is -2.08. The van der Waals surface area contributed by atoms with Gasteiger partial charge in [0, 0.05) is 17.8 Å². The molecule has 19 heavy (non-hydrogen) atoms. The largest absolute Gasteiger partial charge is 0.396 e. The predicted octanol–water partition coefficient (Wildman–Crippen LogP) is 3.69. The van der Waals surface area contributed by atoms with Crippen molar-refractivity contribution in [2.24, 2.45) is 0 Å². The summed E-state index contributed by atoms with van der Waals surface area (Å²) in [5, 5.41) is 4.27.